The summed E-state index contributed by atoms with van der Waals surface area (Å²) >= 11 is 0. The normalized spacial score (nSPS) is 11.1. The van der Waals surface area contributed by atoms with Crippen molar-refractivity contribution < 1.29 is 18.4 Å². The molecule has 0 saturated carbocycles. The minimum absolute atomic E-state index is 0.0547. The van der Waals surface area contributed by atoms with Gasteiger partial charge in [0.25, 0.3) is 0 Å². The van der Waals surface area contributed by atoms with Gasteiger partial charge in [-0.05, 0) is 32.7 Å². The summed E-state index contributed by atoms with van der Waals surface area (Å²) in [7, 11) is -1.45. The molecule has 0 fully saturated rings. The first kappa shape index (κ1) is 16.7. The molecule has 0 heterocycles. The van der Waals surface area contributed by atoms with E-state index < -0.39 is 9.28 Å². The topological polar surface area (TPSA) is 70.8 Å². The third-order valence-electron chi connectivity index (χ3n) is 2.17. The van der Waals surface area contributed by atoms with Crippen molar-refractivity contribution in [3.8, 4) is 0 Å². The summed E-state index contributed by atoms with van der Waals surface area (Å²) in [6.45, 7) is 6.21. The van der Waals surface area contributed by atoms with E-state index in [0.29, 0.717) is 6.61 Å². The second kappa shape index (κ2) is 12.2. The highest BCUT2D eigenvalue weighted by Crippen LogP contribution is 2.04. The number of carbonyl (C=O) groups excluding carboxylic acids is 1. The van der Waals surface area contributed by atoms with Gasteiger partial charge in [0, 0.05) is 19.8 Å². The Labute approximate surface area is 105 Å². The van der Waals surface area contributed by atoms with Gasteiger partial charge in [-0.25, -0.2) is 0 Å². The molecule has 0 aromatic carbocycles. The van der Waals surface area contributed by atoms with Crippen LogP contribution in [0.2, 0.25) is 6.04 Å². The number of unbranched alkanes of at least 4 members (excludes halogenated alkanes) is 1. The fourth-order valence-electron chi connectivity index (χ4n) is 1.35. The lowest BCUT2D eigenvalue weighted by Crippen LogP contribution is -2.23. The second-order valence-electron chi connectivity index (χ2n) is 3.63. The number of ketones is 1. The van der Waals surface area contributed by atoms with E-state index in [1.807, 2.05) is 13.8 Å². The van der Waals surface area contributed by atoms with Crippen LogP contribution >= 0.6 is 0 Å². The van der Waals surface area contributed by atoms with Gasteiger partial charge in [0.2, 0.25) is 0 Å². The van der Waals surface area contributed by atoms with Crippen LogP contribution in [0.15, 0.2) is 0 Å². The molecule has 0 radical (unpaired) electrons. The maximum absolute atomic E-state index is 10.8. The molecule has 0 unspecified atom stereocenters. The molecule has 0 amide bonds. The van der Waals surface area contributed by atoms with Crippen molar-refractivity contribution in [2.45, 2.75) is 32.7 Å². The van der Waals surface area contributed by atoms with Crippen molar-refractivity contribution in [3.63, 3.8) is 0 Å². The van der Waals surface area contributed by atoms with E-state index in [-0.39, 0.29) is 18.9 Å². The lowest BCUT2D eigenvalue weighted by atomic mass is 10.3. The maximum atomic E-state index is 10.8. The minimum Gasteiger partial charge on any atom is -0.397 e. The van der Waals surface area contributed by atoms with E-state index in [1.165, 1.54) is 0 Å². The largest absolute Gasteiger partial charge is 0.397 e. The Kier molecular flexibility index (Phi) is 12.0. The van der Waals surface area contributed by atoms with Crippen LogP contribution in [0.25, 0.3) is 0 Å². The number of hydrogen-bond acceptors (Lipinski definition) is 5. The molecule has 0 aliphatic heterocycles. The highest BCUT2D eigenvalue weighted by molar-refractivity contribution is 6.44. The summed E-state index contributed by atoms with van der Waals surface area (Å²) < 4.78 is 16.3. The van der Waals surface area contributed by atoms with E-state index in [4.69, 9.17) is 19.3 Å². The molecular weight excluding hydrogens is 238 g/mol. The van der Waals surface area contributed by atoms with Gasteiger partial charge >= 0.3 is 9.28 Å². The molecule has 0 aromatic heterocycles. The summed E-state index contributed by atoms with van der Waals surface area (Å²) in [4.78, 5) is 10.8. The molecule has 0 atom stereocenters. The molecule has 0 bridgehead atoms. The molecular formula is C11H25NO4Si. The Bertz CT molecular complexity index is 186. The molecule has 0 aliphatic carbocycles. The number of nitrogens with two attached hydrogens (primary N) is 1. The average molecular weight is 263 g/mol. The molecule has 0 rings (SSSR count). The van der Waals surface area contributed by atoms with Crippen LogP contribution in [0.5, 0.6) is 0 Å². The van der Waals surface area contributed by atoms with E-state index in [1.54, 1.807) is 0 Å². The monoisotopic (exact) mass is 263 g/mol. The summed E-state index contributed by atoms with van der Waals surface area (Å²) in [5, 5.41) is 0. The van der Waals surface area contributed by atoms with Crippen LogP contribution in [0.4, 0.5) is 0 Å². The SMILES string of the molecule is CCO[SiH](CCCCOCC(=O)CN)OCC. The Morgan fingerprint density at radius 2 is 1.82 bits per heavy atom. The Hall–Kier alpha value is -0.273. The van der Waals surface area contributed by atoms with Crippen molar-refractivity contribution in [1.29, 1.82) is 0 Å². The van der Waals surface area contributed by atoms with Crippen LogP contribution < -0.4 is 5.73 Å². The van der Waals surface area contributed by atoms with Crippen molar-refractivity contribution >= 4 is 15.1 Å². The van der Waals surface area contributed by atoms with Gasteiger partial charge in [-0.2, -0.15) is 0 Å². The standard InChI is InChI=1S/C11H25NO4Si/c1-3-15-17(16-4-2)8-6-5-7-14-10-11(13)9-12/h17H,3-10,12H2,1-2H3. The number of Topliss-reactive ketones (excluding diaryl/α,β-unsaturated/α-hetero) is 1. The molecule has 0 aliphatic rings. The second-order valence-corrected chi connectivity index (χ2v) is 5.73. The van der Waals surface area contributed by atoms with Crippen LogP contribution in [0.1, 0.15) is 26.7 Å². The van der Waals surface area contributed by atoms with Gasteiger partial charge in [-0.3, -0.25) is 4.79 Å². The van der Waals surface area contributed by atoms with Gasteiger partial charge in [-0.15, -0.1) is 0 Å². The molecule has 0 saturated heterocycles. The highest BCUT2D eigenvalue weighted by atomic mass is 28.3. The van der Waals surface area contributed by atoms with Gasteiger partial charge in [0.05, 0.1) is 6.54 Å². The number of carbonyl (C=O) groups is 1. The lowest BCUT2D eigenvalue weighted by Gasteiger charge is -2.14. The lowest BCUT2D eigenvalue weighted by molar-refractivity contribution is -0.122. The van der Waals surface area contributed by atoms with E-state index in [2.05, 4.69) is 0 Å². The first-order chi connectivity index (χ1) is 8.24. The van der Waals surface area contributed by atoms with Crippen LogP contribution in [-0.4, -0.2) is 48.0 Å². The summed E-state index contributed by atoms with van der Waals surface area (Å²) in [6, 6.07) is 0.996. The van der Waals surface area contributed by atoms with E-state index in [9.17, 15) is 4.79 Å². The minimum atomic E-state index is -1.45. The van der Waals surface area contributed by atoms with Gasteiger partial charge < -0.3 is 19.3 Å². The maximum Gasteiger partial charge on any atom is 0.321 e. The molecule has 6 heteroatoms. The van der Waals surface area contributed by atoms with Gasteiger partial charge in [0.1, 0.15) is 6.61 Å². The Morgan fingerprint density at radius 1 is 1.18 bits per heavy atom. The quantitative estimate of drug-likeness (QED) is 0.412. The Morgan fingerprint density at radius 3 is 2.35 bits per heavy atom. The third-order valence-corrected chi connectivity index (χ3v) is 4.46. The zero-order valence-electron chi connectivity index (χ0n) is 10.9. The van der Waals surface area contributed by atoms with Gasteiger partial charge in [-0.1, -0.05) is 0 Å². The summed E-state index contributed by atoms with van der Waals surface area (Å²) in [5.74, 6) is -0.0547. The first-order valence-corrected chi connectivity index (χ1v) is 8.03. The van der Waals surface area contributed by atoms with E-state index in [0.717, 1.165) is 32.1 Å². The van der Waals surface area contributed by atoms with Crippen molar-refractivity contribution in [3.05, 3.63) is 0 Å². The first-order valence-electron chi connectivity index (χ1n) is 6.27. The number of rotatable bonds is 12. The van der Waals surface area contributed by atoms with Crippen LogP contribution in [0, 0.1) is 0 Å². The van der Waals surface area contributed by atoms with Crippen molar-refractivity contribution in [1.82, 2.24) is 0 Å². The number of ether oxygens (including phenoxy) is 1. The molecule has 2 N–H and O–H groups in total. The van der Waals surface area contributed by atoms with Gasteiger partial charge in [0.15, 0.2) is 5.78 Å². The molecule has 0 aromatic rings. The third kappa shape index (κ3) is 10.6. The highest BCUT2D eigenvalue weighted by Gasteiger charge is 2.11. The predicted molar refractivity (Wildman–Crippen MR) is 69.3 cm³/mol. The fourth-order valence-corrected chi connectivity index (χ4v) is 3.14. The van der Waals surface area contributed by atoms with Crippen molar-refractivity contribution in [2.75, 3.05) is 33.0 Å². The summed E-state index contributed by atoms with van der Waals surface area (Å²) in [5.41, 5.74) is 5.16. The zero-order valence-corrected chi connectivity index (χ0v) is 12.1. The fraction of sp³-hybridized carbons (Fsp3) is 0.909. The Balaban J connectivity index is 3.38. The molecule has 5 nitrogen and oxygen atoms in total. The molecule has 0 spiro atoms. The zero-order chi connectivity index (χ0) is 12.9. The predicted octanol–water partition coefficient (Wildman–Crippen LogP) is 0.605. The average Bonchev–Trinajstić information content (AvgIpc) is 2.33. The number of hydrogen-bond donors (Lipinski definition) is 1. The van der Waals surface area contributed by atoms with Crippen LogP contribution in [0.3, 0.4) is 0 Å². The smallest absolute Gasteiger partial charge is 0.321 e. The van der Waals surface area contributed by atoms with Crippen LogP contribution in [-0.2, 0) is 18.4 Å². The summed E-state index contributed by atoms with van der Waals surface area (Å²) in [6.07, 6.45) is 1.95. The van der Waals surface area contributed by atoms with E-state index >= 15 is 0 Å². The molecule has 17 heavy (non-hydrogen) atoms. The molecule has 102 valence electrons. The van der Waals surface area contributed by atoms with Crippen molar-refractivity contribution in [2.24, 2.45) is 5.73 Å².